The molecule has 2 aromatic carbocycles. The highest BCUT2D eigenvalue weighted by molar-refractivity contribution is 8.00. The van der Waals surface area contributed by atoms with Crippen LogP contribution in [0.1, 0.15) is 43.2 Å². The van der Waals surface area contributed by atoms with Crippen molar-refractivity contribution in [1.82, 2.24) is 0 Å². The smallest absolute Gasteiger partial charge is 0.0926 e. The van der Waals surface area contributed by atoms with Gasteiger partial charge >= 0.3 is 0 Å². The zero-order valence-corrected chi connectivity index (χ0v) is 13.3. The van der Waals surface area contributed by atoms with Crippen LogP contribution in [0.3, 0.4) is 0 Å². The van der Waals surface area contributed by atoms with E-state index < -0.39 is 5.60 Å². The Kier molecular flexibility index (Phi) is 3.27. The van der Waals surface area contributed by atoms with Gasteiger partial charge in [-0.05, 0) is 54.5 Å². The summed E-state index contributed by atoms with van der Waals surface area (Å²) in [4.78, 5) is 0. The van der Waals surface area contributed by atoms with Gasteiger partial charge in [0.25, 0.3) is 0 Å². The molecule has 0 aliphatic carbocycles. The topological polar surface area (TPSA) is 20.2 Å². The molecule has 4 rings (SSSR count). The molecule has 0 spiro atoms. The maximum absolute atomic E-state index is 11.5. The monoisotopic (exact) mass is 298 g/mol. The maximum atomic E-state index is 11.5. The van der Waals surface area contributed by atoms with E-state index in [1.807, 2.05) is 0 Å². The van der Waals surface area contributed by atoms with E-state index in [0.29, 0.717) is 10.5 Å². The lowest BCUT2D eigenvalue weighted by Gasteiger charge is -2.45. The first-order valence-corrected chi connectivity index (χ1v) is 8.97. The molecule has 2 fully saturated rings. The Hall–Kier alpha value is -0.990. The fraction of sp³-hybridized carbons (Fsp3) is 0.474. The van der Waals surface area contributed by atoms with Crippen LogP contribution >= 0.6 is 11.8 Å². The Balaban J connectivity index is 1.87. The second-order valence-corrected chi connectivity index (χ2v) is 8.33. The van der Waals surface area contributed by atoms with Gasteiger partial charge in [0.15, 0.2) is 0 Å². The molecule has 0 amide bonds. The predicted molar refractivity (Wildman–Crippen MR) is 90.8 cm³/mol. The normalized spacial score (nSPS) is 32.3. The second kappa shape index (κ2) is 5.03. The van der Waals surface area contributed by atoms with Gasteiger partial charge in [0.05, 0.1) is 5.60 Å². The first-order chi connectivity index (χ1) is 10.2. The minimum atomic E-state index is -0.633. The lowest BCUT2D eigenvalue weighted by atomic mass is 9.77. The van der Waals surface area contributed by atoms with Crippen molar-refractivity contribution in [3.8, 4) is 0 Å². The summed E-state index contributed by atoms with van der Waals surface area (Å²) < 4.78 is 0. The maximum Gasteiger partial charge on any atom is 0.0926 e. The lowest BCUT2D eigenvalue weighted by Crippen LogP contribution is -2.41. The molecular weight excluding hydrogens is 276 g/mol. The minimum Gasteiger partial charge on any atom is -0.385 e. The van der Waals surface area contributed by atoms with Crippen molar-refractivity contribution in [2.45, 2.75) is 55.1 Å². The highest BCUT2D eigenvalue weighted by atomic mass is 32.2. The van der Waals surface area contributed by atoms with Crippen molar-refractivity contribution >= 4 is 22.5 Å². The number of hydrogen-bond acceptors (Lipinski definition) is 2. The summed E-state index contributed by atoms with van der Waals surface area (Å²) >= 11 is 2.12. The molecular formula is C19H22OS. The average molecular weight is 298 g/mol. The zero-order valence-electron chi connectivity index (χ0n) is 12.5. The van der Waals surface area contributed by atoms with E-state index in [9.17, 15) is 5.11 Å². The molecule has 1 nitrogen and oxygen atoms in total. The molecule has 2 atom stereocenters. The fourth-order valence-electron chi connectivity index (χ4n) is 4.32. The first kappa shape index (κ1) is 13.7. The Morgan fingerprint density at radius 3 is 2.52 bits per heavy atom. The molecule has 2 aliphatic heterocycles. The van der Waals surface area contributed by atoms with Crippen molar-refractivity contribution in [1.29, 1.82) is 0 Å². The van der Waals surface area contributed by atoms with Gasteiger partial charge in [0.2, 0.25) is 0 Å². The molecule has 2 heterocycles. The van der Waals surface area contributed by atoms with Crippen LogP contribution in [0.4, 0.5) is 0 Å². The van der Waals surface area contributed by atoms with Crippen LogP contribution in [0.2, 0.25) is 0 Å². The molecule has 110 valence electrons. The number of fused-ring (bicyclic) bond motifs is 3. The van der Waals surface area contributed by atoms with Crippen molar-refractivity contribution < 1.29 is 5.11 Å². The number of aliphatic hydroxyl groups is 1. The summed E-state index contributed by atoms with van der Waals surface area (Å²) in [5.74, 6) is 0. The SMILES string of the molecule is Cc1ccc2ccccc2c1C1(O)CC2CCCC(C1)S2. The molecule has 21 heavy (non-hydrogen) atoms. The number of thioether (sulfide) groups is 1. The van der Waals surface area contributed by atoms with Crippen LogP contribution in [-0.4, -0.2) is 15.6 Å². The summed E-state index contributed by atoms with van der Waals surface area (Å²) in [5.41, 5.74) is 1.80. The number of hydrogen-bond donors (Lipinski definition) is 1. The number of rotatable bonds is 1. The molecule has 1 N–H and O–H groups in total. The molecule has 2 aliphatic rings. The molecule has 2 saturated heterocycles. The summed E-state index contributed by atoms with van der Waals surface area (Å²) in [6, 6.07) is 12.8. The standard InChI is InChI=1S/C19H22OS/c1-13-9-10-14-5-2-3-8-17(14)18(13)19(20)11-15-6-4-7-16(12-19)21-15/h2-3,5,8-10,15-16,20H,4,6-7,11-12H2,1H3. The van der Waals surface area contributed by atoms with Crippen LogP contribution in [-0.2, 0) is 5.60 Å². The molecule has 2 bridgehead atoms. The highest BCUT2D eigenvalue weighted by Crippen LogP contribution is 2.51. The van der Waals surface area contributed by atoms with E-state index in [2.05, 4.69) is 55.1 Å². The van der Waals surface area contributed by atoms with Gasteiger partial charge in [-0.1, -0.05) is 42.8 Å². The van der Waals surface area contributed by atoms with E-state index in [4.69, 9.17) is 0 Å². The number of benzene rings is 2. The van der Waals surface area contributed by atoms with Crippen LogP contribution in [0.5, 0.6) is 0 Å². The third-order valence-corrected chi connectivity index (χ3v) is 6.75. The molecule has 0 radical (unpaired) electrons. The van der Waals surface area contributed by atoms with Crippen LogP contribution < -0.4 is 0 Å². The lowest BCUT2D eigenvalue weighted by molar-refractivity contribution is 0.00900. The van der Waals surface area contributed by atoms with E-state index in [1.54, 1.807) is 0 Å². The Morgan fingerprint density at radius 2 is 1.76 bits per heavy atom. The molecule has 0 aromatic heterocycles. The van der Waals surface area contributed by atoms with Crippen molar-refractivity contribution in [3.63, 3.8) is 0 Å². The van der Waals surface area contributed by atoms with E-state index in [1.165, 1.54) is 41.2 Å². The Labute approximate surface area is 130 Å². The zero-order chi connectivity index (χ0) is 14.4. The minimum absolute atomic E-state index is 0.633. The largest absolute Gasteiger partial charge is 0.385 e. The van der Waals surface area contributed by atoms with E-state index in [0.717, 1.165) is 12.8 Å². The van der Waals surface area contributed by atoms with Crippen LogP contribution in [0, 0.1) is 6.92 Å². The number of aryl methyl sites for hydroxylation is 1. The van der Waals surface area contributed by atoms with E-state index >= 15 is 0 Å². The first-order valence-electron chi connectivity index (χ1n) is 8.02. The summed E-state index contributed by atoms with van der Waals surface area (Å²) in [6.07, 6.45) is 5.72. The van der Waals surface area contributed by atoms with Gasteiger partial charge in [-0.15, -0.1) is 0 Å². The van der Waals surface area contributed by atoms with Gasteiger partial charge in [-0.2, -0.15) is 11.8 Å². The predicted octanol–water partition coefficient (Wildman–Crippen LogP) is 4.78. The Morgan fingerprint density at radius 1 is 1.05 bits per heavy atom. The van der Waals surface area contributed by atoms with Crippen LogP contribution in [0.15, 0.2) is 36.4 Å². The third kappa shape index (κ3) is 2.29. The highest BCUT2D eigenvalue weighted by Gasteiger charge is 2.43. The second-order valence-electron chi connectivity index (χ2n) is 6.73. The van der Waals surface area contributed by atoms with Crippen molar-refractivity contribution in [3.05, 3.63) is 47.5 Å². The molecule has 2 unspecified atom stereocenters. The quantitative estimate of drug-likeness (QED) is 0.817. The van der Waals surface area contributed by atoms with Gasteiger partial charge < -0.3 is 5.11 Å². The van der Waals surface area contributed by atoms with Crippen LogP contribution in [0.25, 0.3) is 10.8 Å². The van der Waals surface area contributed by atoms with Gasteiger partial charge in [0.1, 0.15) is 0 Å². The van der Waals surface area contributed by atoms with Crippen molar-refractivity contribution in [2.75, 3.05) is 0 Å². The van der Waals surface area contributed by atoms with Gasteiger partial charge in [0, 0.05) is 10.5 Å². The summed E-state index contributed by atoms with van der Waals surface area (Å²) in [6.45, 7) is 2.15. The fourth-order valence-corrected chi connectivity index (χ4v) is 6.21. The molecule has 2 aromatic rings. The van der Waals surface area contributed by atoms with Gasteiger partial charge in [-0.3, -0.25) is 0 Å². The molecule has 0 saturated carbocycles. The molecule has 2 heteroatoms. The third-order valence-electron chi connectivity index (χ3n) is 5.17. The summed E-state index contributed by atoms with van der Waals surface area (Å²) in [5, 5.41) is 15.3. The van der Waals surface area contributed by atoms with Crippen molar-refractivity contribution in [2.24, 2.45) is 0 Å². The average Bonchev–Trinajstić information content (AvgIpc) is 2.46. The van der Waals surface area contributed by atoms with Gasteiger partial charge in [-0.25, -0.2) is 0 Å². The summed E-state index contributed by atoms with van der Waals surface area (Å²) in [7, 11) is 0. The van der Waals surface area contributed by atoms with E-state index in [-0.39, 0.29) is 0 Å². The Bertz CT molecular complexity index is 666.